The summed E-state index contributed by atoms with van der Waals surface area (Å²) in [5.41, 5.74) is 8.31. The fraction of sp³-hybridized carbons (Fsp3) is 0.0698. The van der Waals surface area contributed by atoms with Gasteiger partial charge in [0, 0.05) is 11.1 Å². The molecule has 10 rings (SSSR count). The maximum atomic E-state index is 6.70. The number of para-hydroxylation sites is 2. The Bertz CT molecular complexity index is 2560. The highest BCUT2D eigenvalue weighted by molar-refractivity contribution is 6.26. The summed E-state index contributed by atoms with van der Waals surface area (Å²) < 4.78 is 6.70. The van der Waals surface area contributed by atoms with Crippen LogP contribution in [0.4, 0.5) is 17.1 Å². The third kappa shape index (κ3) is 3.34. The van der Waals surface area contributed by atoms with Gasteiger partial charge in [0.15, 0.2) is 11.5 Å². The number of fused-ring (bicyclic) bond motifs is 12. The van der Waals surface area contributed by atoms with Gasteiger partial charge >= 0.3 is 0 Å². The summed E-state index contributed by atoms with van der Waals surface area (Å²) in [5, 5.41) is 10.3. The average molecular weight is 576 g/mol. The SMILES string of the molecule is CC1(C)c2cc3c(cc2-c2cc4c5ccccc5c5ccccc5c4cc21)Oc1ccccc1N3c1ccc2ccccc2c1. The van der Waals surface area contributed by atoms with Crippen molar-refractivity contribution in [1.82, 2.24) is 0 Å². The monoisotopic (exact) mass is 575 g/mol. The fourth-order valence-corrected chi connectivity index (χ4v) is 7.97. The first kappa shape index (κ1) is 24.8. The average Bonchev–Trinajstić information content (AvgIpc) is 3.30. The molecule has 0 unspecified atom stereocenters. The van der Waals surface area contributed by atoms with E-state index >= 15 is 0 Å². The van der Waals surface area contributed by atoms with Crippen molar-refractivity contribution in [2.24, 2.45) is 0 Å². The molecule has 8 aromatic rings. The standard InChI is InChI=1S/C43H29NO/c1-43(2)37-23-34-32-16-8-6-14-30(32)29-13-5-7-15-31(29)33(34)22-35(37)36-24-42-40(25-38(36)43)44(39-17-9-10-18-41(39)45-42)28-20-19-26-11-3-4-12-27(26)21-28/h3-25H,1-2H3. The van der Waals surface area contributed by atoms with Gasteiger partial charge in [0.1, 0.15) is 0 Å². The van der Waals surface area contributed by atoms with E-state index in [1.807, 2.05) is 0 Å². The lowest BCUT2D eigenvalue weighted by atomic mass is 9.81. The Morgan fingerprint density at radius 1 is 0.444 bits per heavy atom. The van der Waals surface area contributed by atoms with Crippen LogP contribution in [0.2, 0.25) is 0 Å². The molecule has 0 bridgehead atoms. The number of anilines is 3. The lowest BCUT2D eigenvalue weighted by Crippen LogP contribution is -2.19. The van der Waals surface area contributed by atoms with Crippen molar-refractivity contribution in [2.75, 3.05) is 4.90 Å². The molecule has 0 saturated carbocycles. The lowest BCUT2D eigenvalue weighted by Gasteiger charge is -2.34. The van der Waals surface area contributed by atoms with Gasteiger partial charge in [0.25, 0.3) is 0 Å². The van der Waals surface area contributed by atoms with Crippen LogP contribution in [0.1, 0.15) is 25.0 Å². The van der Waals surface area contributed by atoms with Crippen molar-refractivity contribution in [3.05, 3.63) is 151 Å². The summed E-state index contributed by atoms with van der Waals surface area (Å²) in [6.45, 7) is 4.74. The molecule has 0 spiro atoms. The molecule has 1 heterocycles. The maximum absolute atomic E-state index is 6.70. The molecule has 0 radical (unpaired) electrons. The first-order valence-electron chi connectivity index (χ1n) is 15.7. The Morgan fingerprint density at radius 3 is 1.78 bits per heavy atom. The van der Waals surface area contributed by atoms with E-state index in [-0.39, 0.29) is 5.41 Å². The van der Waals surface area contributed by atoms with Crippen molar-refractivity contribution in [2.45, 2.75) is 19.3 Å². The van der Waals surface area contributed by atoms with E-state index in [1.54, 1.807) is 0 Å². The smallest absolute Gasteiger partial charge is 0.152 e. The summed E-state index contributed by atoms with van der Waals surface area (Å²) >= 11 is 0. The molecule has 212 valence electrons. The zero-order valence-corrected chi connectivity index (χ0v) is 25.1. The minimum atomic E-state index is -0.188. The molecular weight excluding hydrogens is 546 g/mol. The molecule has 2 aliphatic rings. The number of benzene rings is 8. The molecule has 0 saturated heterocycles. The van der Waals surface area contributed by atoms with E-state index in [4.69, 9.17) is 4.74 Å². The molecule has 0 aromatic heterocycles. The van der Waals surface area contributed by atoms with Crippen molar-refractivity contribution in [1.29, 1.82) is 0 Å². The Morgan fingerprint density at radius 2 is 1.02 bits per heavy atom. The second-order valence-electron chi connectivity index (χ2n) is 13.0. The fourth-order valence-electron chi connectivity index (χ4n) is 7.97. The molecule has 45 heavy (non-hydrogen) atoms. The van der Waals surface area contributed by atoms with Crippen molar-refractivity contribution in [3.8, 4) is 22.6 Å². The predicted molar refractivity (Wildman–Crippen MR) is 189 cm³/mol. The molecule has 0 atom stereocenters. The van der Waals surface area contributed by atoms with Gasteiger partial charge in [-0.2, -0.15) is 0 Å². The number of rotatable bonds is 1. The van der Waals surface area contributed by atoms with Crippen LogP contribution in [0.15, 0.2) is 140 Å². The Hall–Kier alpha value is -5.60. The van der Waals surface area contributed by atoms with Gasteiger partial charge in [-0.1, -0.05) is 105 Å². The van der Waals surface area contributed by atoms with Gasteiger partial charge < -0.3 is 9.64 Å². The molecule has 1 aliphatic carbocycles. The summed E-state index contributed by atoms with van der Waals surface area (Å²) in [6, 6.07) is 50.9. The first-order chi connectivity index (χ1) is 22.1. The minimum absolute atomic E-state index is 0.188. The second kappa shape index (κ2) is 8.74. The first-order valence-corrected chi connectivity index (χ1v) is 15.7. The van der Waals surface area contributed by atoms with E-state index in [1.165, 1.54) is 65.3 Å². The van der Waals surface area contributed by atoms with Gasteiger partial charge in [0.2, 0.25) is 0 Å². The minimum Gasteiger partial charge on any atom is -0.453 e. The number of ether oxygens (including phenoxy) is 1. The van der Waals surface area contributed by atoms with E-state index < -0.39 is 0 Å². The topological polar surface area (TPSA) is 12.5 Å². The summed E-state index contributed by atoms with van der Waals surface area (Å²) in [5.74, 6) is 1.75. The van der Waals surface area contributed by atoms with Gasteiger partial charge in [-0.3, -0.25) is 0 Å². The second-order valence-corrected chi connectivity index (χ2v) is 13.0. The summed E-state index contributed by atoms with van der Waals surface area (Å²) in [7, 11) is 0. The molecule has 0 N–H and O–H groups in total. The van der Waals surface area contributed by atoms with E-state index in [0.717, 1.165) is 28.6 Å². The molecule has 0 amide bonds. The number of hydrogen-bond acceptors (Lipinski definition) is 2. The Labute approximate surface area is 261 Å². The highest BCUT2D eigenvalue weighted by atomic mass is 16.5. The normalized spacial score (nSPS) is 14.3. The zero-order chi connectivity index (χ0) is 29.9. The molecule has 0 fully saturated rings. The number of nitrogens with zero attached hydrogens (tertiary/aromatic N) is 1. The lowest BCUT2D eigenvalue weighted by molar-refractivity contribution is 0.476. The highest BCUT2D eigenvalue weighted by Crippen LogP contribution is 2.58. The Balaban J connectivity index is 1.24. The van der Waals surface area contributed by atoms with E-state index in [9.17, 15) is 0 Å². The van der Waals surface area contributed by atoms with Crippen LogP contribution in [0.5, 0.6) is 11.5 Å². The zero-order valence-electron chi connectivity index (χ0n) is 25.1. The maximum Gasteiger partial charge on any atom is 0.152 e. The van der Waals surface area contributed by atoms with Crippen LogP contribution < -0.4 is 9.64 Å². The molecule has 8 aromatic carbocycles. The quantitative estimate of drug-likeness (QED) is 0.181. The van der Waals surface area contributed by atoms with Crippen LogP contribution in [-0.2, 0) is 5.41 Å². The predicted octanol–water partition coefficient (Wildman–Crippen LogP) is 12.2. The molecular formula is C43H29NO. The molecule has 2 nitrogen and oxygen atoms in total. The van der Waals surface area contributed by atoms with Crippen molar-refractivity contribution < 1.29 is 4.74 Å². The largest absolute Gasteiger partial charge is 0.453 e. The third-order valence-electron chi connectivity index (χ3n) is 10.2. The summed E-state index contributed by atoms with van der Waals surface area (Å²) in [4.78, 5) is 2.37. The van der Waals surface area contributed by atoms with Gasteiger partial charge in [0.05, 0.1) is 11.4 Å². The van der Waals surface area contributed by atoms with Crippen LogP contribution in [-0.4, -0.2) is 0 Å². The number of hydrogen-bond donors (Lipinski definition) is 0. The van der Waals surface area contributed by atoms with Crippen molar-refractivity contribution in [3.63, 3.8) is 0 Å². The van der Waals surface area contributed by atoms with Crippen LogP contribution in [0.3, 0.4) is 0 Å². The van der Waals surface area contributed by atoms with Crippen LogP contribution in [0.25, 0.3) is 54.2 Å². The van der Waals surface area contributed by atoms with E-state index in [0.29, 0.717) is 0 Å². The van der Waals surface area contributed by atoms with Crippen molar-refractivity contribution >= 4 is 60.2 Å². The van der Waals surface area contributed by atoms with Gasteiger partial charge in [-0.05, 0) is 114 Å². The molecule has 2 heteroatoms. The summed E-state index contributed by atoms with van der Waals surface area (Å²) in [6.07, 6.45) is 0. The molecule has 1 aliphatic heterocycles. The van der Waals surface area contributed by atoms with Gasteiger partial charge in [-0.25, -0.2) is 0 Å². The van der Waals surface area contributed by atoms with E-state index in [2.05, 4.69) is 158 Å². The Kier molecular flexibility index (Phi) is 4.82. The van der Waals surface area contributed by atoms with Gasteiger partial charge in [-0.15, -0.1) is 0 Å². The third-order valence-corrected chi connectivity index (χ3v) is 10.2. The highest BCUT2D eigenvalue weighted by Gasteiger charge is 2.39. The van der Waals surface area contributed by atoms with Crippen LogP contribution >= 0.6 is 0 Å². The van der Waals surface area contributed by atoms with Crippen LogP contribution in [0, 0.1) is 0 Å².